The molecule has 1 aromatic rings. The smallest absolute Gasteiger partial charge is 0.249 e. The van der Waals surface area contributed by atoms with Crippen molar-refractivity contribution in [3.05, 3.63) is 44.2 Å². The maximum Gasteiger partial charge on any atom is 0.249 e. The van der Waals surface area contributed by atoms with E-state index in [0.29, 0.717) is 5.56 Å². The van der Waals surface area contributed by atoms with E-state index in [1.54, 1.807) is 18.2 Å². The summed E-state index contributed by atoms with van der Waals surface area (Å²) in [4.78, 5) is 13.5. The molecule has 0 aromatic heterocycles. The number of benzene rings is 1. The lowest BCUT2D eigenvalue weighted by Crippen LogP contribution is -1.93. The van der Waals surface area contributed by atoms with Gasteiger partial charge in [-0.3, -0.25) is 4.79 Å². The third-order valence-electron chi connectivity index (χ3n) is 1.54. The van der Waals surface area contributed by atoms with E-state index in [-0.39, 0.29) is 0 Å². The molecule has 1 aromatic carbocycles. The van der Waals surface area contributed by atoms with Crippen LogP contribution in [0.4, 0.5) is 0 Å². The molecule has 1 rings (SSSR count). The Kier molecular flexibility index (Phi) is 3.06. The summed E-state index contributed by atoms with van der Waals surface area (Å²) in [6.07, 6.45) is 0. The number of hydrogen-bond donors (Lipinski definition) is 0. The summed E-state index contributed by atoms with van der Waals surface area (Å²) in [5, 5.41) is 2.99. The monoisotopic (exact) mass is 239 g/mol. The Bertz CT molecular complexity index is 396. The minimum absolute atomic E-state index is 0.401. The van der Waals surface area contributed by atoms with Crippen LogP contribution in [0.25, 0.3) is 10.4 Å². The van der Waals surface area contributed by atoms with E-state index in [0.717, 1.165) is 10.0 Å². The third kappa shape index (κ3) is 2.31. The number of hydrogen-bond acceptors (Lipinski definition) is 1. The third-order valence-corrected chi connectivity index (χ3v) is 2.43. The van der Waals surface area contributed by atoms with Crippen molar-refractivity contribution >= 4 is 21.8 Å². The molecule has 0 aliphatic rings. The van der Waals surface area contributed by atoms with Gasteiger partial charge in [0, 0.05) is 14.9 Å². The molecular weight excluding hydrogens is 234 g/mol. The highest BCUT2D eigenvalue weighted by atomic mass is 79.9. The van der Waals surface area contributed by atoms with Gasteiger partial charge in [-0.05, 0) is 35.3 Å². The minimum Gasteiger partial charge on any atom is -0.287 e. The molecule has 0 radical (unpaired) electrons. The molecule has 0 saturated carbocycles. The van der Waals surface area contributed by atoms with E-state index >= 15 is 0 Å². The van der Waals surface area contributed by atoms with E-state index in [1.807, 2.05) is 6.92 Å². The maximum absolute atomic E-state index is 11.1. The molecule has 0 bridgehead atoms. The zero-order chi connectivity index (χ0) is 9.84. The molecular formula is C8H6BrN3O. The maximum atomic E-state index is 11.1. The van der Waals surface area contributed by atoms with Crippen molar-refractivity contribution in [2.24, 2.45) is 5.11 Å². The van der Waals surface area contributed by atoms with Crippen LogP contribution >= 0.6 is 15.9 Å². The Balaban J connectivity index is 3.10. The first-order chi connectivity index (χ1) is 6.15. The standard InChI is InChI=1S/C8H6BrN3O/c1-5-4-6(2-3-7(5)9)8(13)11-12-10/h2-4H,1H3. The van der Waals surface area contributed by atoms with Crippen LogP contribution in [0.2, 0.25) is 0 Å². The molecule has 0 spiro atoms. The molecule has 4 nitrogen and oxygen atoms in total. The van der Waals surface area contributed by atoms with Gasteiger partial charge < -0.3 is 0 Å². The van der Waals surface area contributed by atoms with Crippen molar-refractivity contribution < 1.29 is 4.79 Å². The number of rotatable bonds is 1. The fourth-order valence-electron chi connectivity index (χ4n) is 0.876. The number of azide groups is 1. The summed E-state index contributed by atoms with van der Waals surface area (Å²) in [5.41, 5.74) is 9.38. The molecule has 0 aliphatic heterocycles. The predicted molar refractivity (Wildman–Crippen MR) is 52.4 cm³/mol. The quantitative estimate of drug-likeness (QED) is 0.422. The summed E-state index contributed by atoms with van der Waals surface area (Å²) in [6.45, 7) is 1.86. The lowest BCUT2D eigenvalue weighted by atomic mass is 10.1. The topological polar surface area (TPSA) is 65.8 Å². The van der Waals surface area contributed by atoms with Gasteiger partial charge in [0.25, 0.3) is 0 Å². The highest BCUT2D eigenvalue weighted by molar-refractivity contribution is 9.10. The molecule has 13 heavy (non-hydrogen) atoms. The van der Waals surface area contributed by atoms with Gasteiger partial charge in [0.15, 0.2) is 0 Å². The second kappa shape index (κ2) is 4.07. The Hall–Kier alpha value is -1.32. The van der Waals surface area contributed by atoms with Gasteiger partial charge >= 0.3 is 0 Å². The molecule has 0 aliphatic carbocycles. The minimum atomic E-state index is -0.557. The van der Waals surface area contributed by atoms with Crippen LogP contribution in [0.15, 0.2) is 27.8 Å². The number of carbonyl (C=O) groups excluding carboxylic acids is 1. The van der Waals surface area contributed by atoms with E-state index in [4.69, 9.17) is 5.53 Å². The van der Waals surface area contributed by atoms with Crippen molar-refractivity contribution in [2.75, 3.05) is 0 Å². The summed E-state index contributed by atoms with van der Waals surface area (Å²) >= 11 is 3.30. The fraction of sp³-hybridized carbons (Fsp3) is 0.125. The van der Waals surface area contributed by atoms with Crippen molar-refractivity contribution in [3.8, 4) is 0 Å². The summed E-state index contributed by atoms with van der Waals surface area (Å²) in [6, 6.07) is 5.02. The molecule has 0 fully saturated rings. The first-order valence-electron chi connectivity index (χ1n) is 3.50. The van der Waals surface area contributed by atoms with Crippen LogP contribution in [0.3, 0.4) is 0 Å². The molecule has 0 saturated heterocycles. The average molecular weight is 240 g/mol. The number of carbonyl (C=O) groups is 1. The second-order valence-corrected chi connectivity index (χ2v) is 3.31. The van der Waals surface area contributed by atoms with Gasteiger partial charge in [-0.15, -0.1) is 0 Å². The SMILES string of the molecule is Cc1cc(C(=O)N=[N+]=[N-])ccc1Br. The molecule has 5 heteroatoms. The van der Waals surface area contributed by atoms with Crippen LogP contribution in [-0.2, 0) is 0 Å². The predicted octanol–water partition coefficient (Wildman–Crippen LogP) is 3.21. The van der Waals surface area contributed by atoms with Crippen LogP contribution in [0.1, 0.15) is 15.9 Å². The van der Waals surface area contributed by atoms with E-state index in [2.05, 4.69) is 26.0 Å². The summed E-state index contributed by atoms with van der Waals surface area (Å²) in [5.74, 6) is -0.557. The van der Waals surface area contributed by atoms with Crippen LogP contribution in [0, 0.1) is 6.92 Å². The van der Waals surface area contributed by atoms with Gasteiger partial charge in [0.05, 0.1) is 0 Å². The first-order valence-corrected chi connectivity index (χ1v) is 4.30. The highest BCUT2D eigenvalue weighted by Gasteiger charge is 2.03. The largest absolute Gasteiger partial charge is 0.287 e. The van der Waals surface area contributed by atoms with Crippen LogP contribution in [0.5, 0.6) is 0 Å². The molecule has 0 atom stereocenters. The van der Waals surface area contributed by atoms with Gasteiger partial charge in [-0.25, -0.2) is 0 Å². The van der Waals surface area contributed by atoms with Crippen LogP contribution in [-0.4, -0.2) is 5.91 Å². The normalized spacial score (nSPS) is 9.08. The highest BCUT2D eigenvalue weighted by Crippen LogP contribution is 2.17. The lowest BCUT2D eigenvalue weighted by Gasteiger charge is -1.99. The van der Waals surface area contributed by atoms with Gasteiger partial charge in [0.1, 0.15) is 0 Å². The number of amides is 1. The van der Waals surface area contributed by atoms with E-state index < -0.39 is 5.91 Å². The fourth-order valence-corrected chi connectivity index (χ4v) is 1.12. The number of halogens is 1. The number of nitrogens with zero attached hydrogens (tertiary/aromatic N) is 3. The lowest BCUT2D eigenvalue weighted by molar-refractivity contribution is 0.100. The van der Waals surface area contributed by atoms with Gasteiger partial charge in [-0.2, -0.15) is 0 Å². The average Bonchev–Trinajstić information content (AvgIpc) is 2.10. The molecule has 0 N–H and O–H groups in total. The Labute approximate surface area is 83.3 Å². The van der Waals surface area contributed by atoms with Crippen LogP contribution < -0.4 is 0 Å². The molecule has 0 heterocycles. The van der Waals surface area contributed by atoms with E-state index in [1.165, 1.54) is 0 Å². The van der Waals surface area contributed by atoms with Gasteiger partial charge in [-0.1, -0.05) is 22.0 Å². The Morgan fingerprint density at radius 1 is 1.62 bits per heavy atom. The van der Waals surface area contributed by atoms with Crippen molar-refractivity contribution in [2.45, 2.75) is 6.92 Å². The van der Waals surface area contributed by atoms with Crippen molar-refractivity contribution in [3.63, 3.8) is 0 Å². The number of aryl methyl sites for hydroxylation is 1. The van der Waals surface area contributed by atoms with Crippen molar-refractivity contribution in [1.82, 2.24) is 0 Å². The summed E-state index contributed by atoms with van der Waals surface area (Å²) < 4.78 is 0.921. The van der Waals surface area contributed by atoms with Crippen molar-refractivity contribution in [1.29, 1.82) is 0 Å². The van der Waals surface area contributed by atoms with E-state index in [9.17, 15) is 4.79 Å². The summed E-state index contributed by atoms with van der Waals surface area (Å²) in [7, 11) is 0. The Morgan fingerprint density at radius 2 is 2.31 bits per heavy atom. The zero-order valence-corrected chi connectivity index (χ0v) is 8.45. The Morgan fingerprint density at radius 3 is 2.85 bits per heavy atom. The first kappa shape index (κ1) is 9.77. The van der Waals surface area contributed by atoms with Gasteiger partial charge in [0.2, 0.25) is 5.91 Å². The second-order valence-electron chi connectivity index (χ2n) is 2.46. The molecule has 0 unspecified atom stereocenters. The zero-order valence-electron chi connectivity index (χ0n) is 6.86. The molecule has 1 amide bonds. The molecule has 66 valence electrons.